The molecule has 22 heavy (non-hydrogen) atoms. The highest BCUT2D eigenvalue weighted by Gasteiger charge is 2.08. The van der Waals surface area contributed by atoms with Gasteiger partial charge in [0, 0.05) is 31.3 Å². The summed E-state index contributed by atoms with van der Waals surface area (Å²) in [4.78, 5) is 15.1. The summed E-state index contributed by atoms with van der Waals surface area (Å²) >= 11 is 0. The summed E-state index contributed by atoms with van der Waals surface area (Å²) in [5, 5.41) is 3.16. The van der Waals surface area contributed by atoms with Crippen molar-refractivity contribution in [2.45, 2.75) is 13.5 Å². The van der Waals surface area contributed by atoms with E-state index < -0.39 is 0 Å². The fourth-order valence-electron chi connectivity index (χ4n) is 2.17. The van der Waals surface area contributed by atoms with Crippen LogP contribution in [0.15, 0.2) is 41.2 Å². The molecule has 0 amide bonds. The van der Waals surface area contributed by atoms with Gasteiger partial charge in [0.15, 0.2) is 0 Å². The van der Waals surface area contributed by atoms with Crippen molar-refractivity contribution in [1.29, 1.82) is 0 Å². The Kier molecular flexibility index (Phi) is 6.18. The molecule has 118 valence electrons. The fourth-order valence-corrected chi connectivity index (χ4v) is 2.17. The number of hydrogen-bond donors (Lipinski definition) is 2. The minimum Gasteiger partial charge on any atom is -0.493 e. The zero-order chi connectivity index (χ0) is 15.8. The van der Waals surface area contributed by atoms with Gasteiger partial charge in [-0.15, -0.1) is 0 Å². The molecule has 5 nitrogen and oxygen atoms in total. The van der Waals surface area contributed by atoms with E-state index in [0.717, 1.165) is 17.0 Å². The molecule has 2 rings (SSSR count). The first kappa shape index (κ1) is 16.3. The van der Waals surface area contributed by atoms with Crippen LogP contribution >= 0.6 is 0 Å². The zero-order valence-corrected chi connectivity index (χ0v) is 13.0. The lowest BCUT2D eigenvalue weighted by molar-refractivity contribution is 0.199. The molecule has 2 N–H and O–H groups in total. The average molecular weight is 302 g/mol. The molecule has 2 aromatic rings. The Morgan fingerprint density at radius 1 is 1.18 bits per heavy atom. The maximum Gasteiger partial charge on any atom is 0.252 e. The number of ether oxygens (including phenoxy) is 2. The molecule has 1 aromatic heterocycles. The molecule has 0 aliphatic carbocycles. The van der Waals surface area contributed by atoms with Gasteiger partial charge in [-0.25, -0.2) is 0 Å². The van der Waals surface area contributed by atoms with Crippen LogP contribution in [-0.2, 0) is 11.3 Å². The molecule has 0 aliphatic rings. The summed E-state index contributed by atoms with van der Waals surface area (Å²) in [6.07, 6.45) is 0. The number of para-hydroxylation sites is 1. The summed E-state index contributed by atoms with van der Waals surface area (Å²) in [5.41, 5.74) is 2.26. The van der Waals surface area contributed by atoms with Crippen molar-refractivity contribution in [3.05, 3.63) is 52.3 Å². The lowest BCUT2D eigenvalue weighted by Crippen LogP contribution is -2.23. The van der Waals surface area contributed by atoms with E-state index >= 15 is 0 Å². The van der Waals surface area contributed by atoms with Crippen molar-refractivity contribution >= 4 is 0 Å². The van der Waals surface area contributed by atoms with Crippen LogP contribution in [0.25, 0.3) is 11.3 Å². The minimum atomic E-state index is -0.0891. The highest BCUT2D eigenvalue weighted by molar-refractivity contribution is 5.66. The predicted molar refractivity (Wildman–Crippen MR) is 87.3 cm³/mol. The molecule has 0 radical (unpaired) electrons. The van der Waals surface area contributed by atoms with E-state index in [0.29, 0.717) is 31.9 Å². The van der Waals surface area contributed by atoms with Crippen LogP contribution in [0.1, 0.15) is 12.5 Å². The first-order chi connectivity index (χ1) is 10.8. The molecule has 0 spiro atoms. The summed E-state index contributed by atoms with van der Waals surface area (Å²) in [5.74, 6) is 0.770. The zero-order valence-electron chi connectivity index (χ0n) is 13.0. The number of pyridine rings is 1. The first-order valence-corrected chi connectivity index (χ1v) is 7.40. The lowest BCUT2D eigenvalue weighted by atomic mass is 10.1. The average Bonchev–Trinajstić information content (AvgIpc) is 2.54. The van der Waals surface area contributed by atoms with Crippen molar-refractivity contribution in [2.24, 2.45) is 0 Å². The van der Waals surface area contributed by atoms with Crippen molar-refractivity contribution in [2.75, 3.05) is 26.9 Å². The third-order valence-electron chi connectivity index (χ3n) is 3.27. The molecule has 0 fully saturated rings. The minimum absolute atomic E-state index is 0.0891. The molecule has 0 atom stereocenters. The number of nitrogens with one attached hydrogen (secondary N) is 2. The van der Waals surface area contributed by atoms with Gasteiger partial charge in [-0.05, 0) is 25.1 Å². The Morgan fingerprint density at radius 2 is 2.00 bits per heavy atom. The van der Waals surface area contributed by atoms with Gasteiger partial charge in [-0.3, -0.25) is 4.79 Å². The third kappa shape index (κ3) is 4.19. The van der Waals surface area contributed by atoms with Gasteiger partial charge in [0.2, 0.25) is 0 Å². The predicted octanol–water partition coefficient (Wildman–Crippen LogP) is 2.18. The molecule has 1 heterocycles. The van der Waals surface area contributed by atoms with Crippen molar-refractivity contribution in [3.8, 4) is 17.0 Å². The summed E-state index contributed by atoms with van der Waals surface area (Å²) in [7, 11) is 1.65. The number of benzene rings is 1. The Balaban J connectivity index is 2.17. The SMILES string of the molecule is CCOc1ccccc1-c1ccc(CNCCOC)c(=O)[nH]1. The molecule has 0 saturated heterocycles. The van der Waals surface area contributed by atoms with Crippen LogP contribution < -0.4 is 15.6 Å². The molecule has 0 aliphatic heterocycles. The Labute approximate surface area is 130 Å². The summed E-state index contributed by atoms with van der Waals surface area (Å²) in [6.45, 7) is 4.38. The van der Waals surface area contributed by atoms with Crippen LogP contribution in [0, 0.1) is 0 Å². The Bertz CT molecular complexity index is 652. The summed E-state index contributed by atoms with van der Waals surface area (Å²) in [6, 6.07) is 11.4. The highest BCUT2D eigenvalue weighted by atomic mass is 16.5. The van der Waals surface area contributed by atoms with Gasteiger partial charge in [0.25, 0.3) is 5.56 Å². The second kappa shape index (κ2) is 8.36. The smallest absolute Gasteiger partial charge is 0.252 e. The third-order valence-corrected chi connectivity index (χ3v) is 3.27. The number of aromatic nitrogens is 1. The van der Waals surface area contributed by atoms with Crippen LogP contribution in [0.5, 0.6) is 5.75 Å². The van der Waals surface area contributed by atoms with E-state index in [1.54, 1.807) is 7.11 Å². The van der Waals surface area contributed by atoms with Crippen molar-refractivity contribution in [1.82, 2.24) is 10.3 Å². The quantitative estimate of drug-likeness (QED) is 0.734. The number of hydrogen-bond acceptors (Lipinski definition) is 4. The Hall–Kier alpha value is -2.11. The van der Waals surface area contributed by atoms with Crippen molar-refractivity contribution in [3.63, 3.8) is 0 Å². The summed E-state index contributed by atoms with van der Waals surface area (Å²) < 4.78 is 10.6. The van der Waals surface area contributed by atoms with Crippen LogP contribution in [0.4, 0.5) is 0 Å². The van der Waals surface area contributed by atoms with Crippen LogP contribution in [0.2, 0.25) is 0 Å². The van der Waals surface area contributed by atoms with Crippen LogP contribution in [0.3, 0.4) is 0 Å². The number of rotatable bonds is 8. The molecule has 0 unspecified atom stereocenters. The molecular formula is C17H22N2O3. The number of H-pyrrole nitrogens is 1. The lowest BCUT2D eigenvalue weighted by Gasteiger charge is -2.10. The number of aromatic amines is 1. The topological polar surface area (TPSA) is 63.4 Å². The van der Waals surface area contributed by atoms with Gasteiger partial charge in [-0.2, -0.15) is 0 Å². The molecule has 0 saturated carbocycles. The maximum absolute atomic E-state index is 12.2. The van der Waals surface area contributed by atoms with Gasteiger partial charge >= 0.3 is 0 Å². The second-order valence-corrected chi connectivity index (χ2v) is 4.83. The highest BCUT2D eigenvalue weighted by Crippen LogP contribution is 2.27. The van der Waals surface area contributed by atoms with Gasteiger partial charge < -0.3 is 19.8 Å². The van der Waals surface area contributed by atoms with Crippen LogP contribution in [-0.4, -0.2) is 31.9 Å². The second-order valence-electron chi connectivity index (χ2n) is 4.83. The van der Waals surface area contributed by atoms with Gasteiger partial charge in [-0.1, -0.05) is 18.2 Å². The van der Waals surface area contributed by atoms with E-state index in [2.05, 4.69) is 10.3 Å². The normalized spacial score (nSPS) is 10.6. The van der Waals surface area contributed by atoms with Gasteiger partial charge in [0.1, 0.15) is 5.75 Å². The first-order valence-electron chi connectivity index (χ1n) is 7.40. The molecule has 1 aromatic carbocycles. The van der Waals surface area contributed by atoms with E-state index in [1.165, 1.54) is 0 Å². The van der Waals surface area contributed by atoms with E-state index in [-0.39, 0.29) is 5.56 Å². The van der Waals surface area contributed by atoms with E-state index in [9.17, 15) is 4.79 Å². The molecule has 5 heteroatoms. The maximum atomic E-state index is 12.2. The standard InChI is InChI=1S/C17H22N2O3/c1-3-22-16-7-5-4-6-14(16)15-9-8-13(17(20)19-15)12-18-10-11-21-2/h4-9,18H,3,10-12H2,1-2H3,(H,19,20). The van der Waals surface area contributed by atoms with Gasteiger partial charge in [0.05, 0.1) is 18.9 Å². The van der Waals surface area contributed by atoms with Crippen molar-refractivity contribution < 1.29 is 9.47 Å². The largest absolute Gasteiger partial charge is 0.493 e. The monoisotopic (exact) mass is 302 g/mol. The molecular weight excluding hydrogens is 280 g/mol. The van der Waals surface area contributed by atoms with E-state index in [1.807, 2.05) is 43.3 Å². The molecule has 0 bridgehead atoms. The fraction of sp³-hybridized carbons (Fsp3) is 0.353. The number of methoxy groups -OCH3 is 1. The Morgan fingerprint density at radius 3 is 2.73 bits per heavy atom. The van der Waals surface area contributed by atoms with E-state index in [4.69, 9.17) is 9.47 Å².